The Kier molecular flexibility index (Phi) is 7.13. The molecule has 0 aliphatic carbocycles. The first kappa shape index (κ1) is 17.6. The molecule has 116 valence electrons. The fraction of sp³-hybridized carbons (Fsp3) is 0.636. The van der Waals surface area contributed by atoms with E-state index in [-0.39, 0.29) is 35.1 Å². The lowest BCUT2D eigenvalue weighted by atomic mass is 10.5. The van der Waals surface area contributed by atoms with Gasteiger partial charge in [-0.2, -0.15) is 0 Å². The third kappa shape index (κ3) is 5.51. The number of aliphatic hydroxyl groups is 1. The molecule has 0 saturated carbocycles. The molecule has 1 aromatic rings. The molecule has 7 nitrogen and oxygen atoms in total. The number of rotatable bonds is 9. The number of hydrogen-bond acceptors (Lipinski definition) is 6. The van der Waals surface area contributed by atoms with Crippen molar-refractivity contribution in [3.8, 4) is 0 Å². The van der Waals surface area contributed by atoms with Gasteiger partial charge in [0.05, 0.1) is 13.2 Å². The van der Waals surface area contributed by atoms with E-state index in [0.29, 0.717) is 6.61 Å². The van der Waals surface area contributed by atoms with Crippen molar-refractivity contribution >= 4 is 26.0 Å². The van der Waals surface area contributed by atoms with Gasteiger partial charge in [0.25, 0.3) is 0 Å². The third-order valence-corrected chi connectivity index (χ3v) is 4.69. The van der Waals surface area contributed by atoms with Gasteiger partial charge in [0.1, 0.15) is 17.3 Å². The van der Waals surface area contributed by atoms with Crippen LogP contribution < -0.4 is 4.72 Å². The Labute approximate surface area is 127 Å². The number of ether oxygens (including phenoxy) is 1. The minimum absolute atomic E-state index is 0.0326. The summed E-state index contributed by atoms with van der Waals surface area (Å²) in [6.45, 7) is 1.41. The Bertz CT molecular complexity index is 515. The van der Waals surface area contributed by atoms with Crippen molar-refractivity contribution in [2.45, 2.75) is 11.5 Å². The highest BCUT2D eigenvalue weighted by Crippen LogP contribution is 2.25. The van der Waals surface area contributed by atoms with Crippen LogP contribution in [0.1, 0.15) is 5.76 Å². The number of hydrogen-bond donors (Lipinski definition) is 2. The molecule has 0 atom stereocenters. The van der Waals surface area contributed by atoms with Gasteiger partial charge in [-0.15, -0.1) is 0 Å². The number of sulfonamides is 1. The largest absolute Gasteiger partial charge is 0.450 e. The monoisotopic (exact) mass is 370 g/mol. The van der Waals surface area contributed by atoms with E-state index in [1.807, 2.05) is 19.0 Å². The Hall–Kier alpha value is -0.450. The van der Waals surface area contributed by atoms with E-state index in [1.165, 1.54) is 6.07 Å². The highest BCUT2D eigenvalue weighted by Gasteiger charge is 2.21. The van der Waals surface area contributed by atoms with E-state index in [4.69, 9.17) is 14.3 Å². The summed E-state index contributed by atoms with van der Waals surface area (Å²) in [4.78, 5) is 1.94. The smallest absolute Gasteiger partial charge is 0.245 e. The molecule has 0 aliphatic heterocycles. The number of nitrogens with zero attached hydrogens (tertiary/aromatic N) is 1. The number of likely N-dealkylation sites (N-methyl/N-ethyl adjacent to an activating group) is 1. The maximum Gasteiger partial charge on any atom is 0.245 e. The van der Waals surface area contributed by atoms with Crippen LogP contribution in [0.5, 0.6) is 0 Å². The summed E-state index contributed by atoms with van der Waals surface area (Å²) in [6.07, 6.45) is 0. The predicted molar refractivity (Wildman–Crippen MR) is 76.9 cm³/mol. The minimum Gasteiger partial charge on any atom is -0.450 e. The van der Waals surface area contributed by atoms with Gasteiger partial charge >= 0.3 is 0 Å². The zero-order valence-electron chi connectivity index (χ0n) is 11.4. The molecule has 1 rings (SSSR count). The summed E-state index contributed by atoms with van der Waals surface area (Å²) < 4.78 is 36.7. The number of halogens is 1. The second kappa shape index (κ2) is 8.11. The van der Waals surface area contributed by atoms with Crippen LogP contribution >= 0.6 is 15.9 Å². The summed E-state index contributed by atoms with van der Waals surface area (Å²) in [5, 5.41) is 8.91. The van der Waals surface area contributed by atoms with Crippen LogP contribution in [0.15, 0.2) is 20.0 Å². The van der Waals surface area contributed by atoms with E-state index >= 15 is 0 Å². The van der Waals surface area contributed by atoms with Crippen molar-refractivity contribution in [2.24, 2.45) is 0 Å². The third-order valence-electron chi connectivity index (χ3n) is 2.37. The van der Waals surface area contributed by atoms with E-state index in [1.54, 1.807) is 0 Å². The minimum atomic E-state index is -3.68. The van der Waals surface area contributed by atoms with Crippen molar-refractivity contribution in [1.82, 2.24) is 9.62 Å². The molecule has 0 radical (unpaired) electrons. The Morgan fingerprint density at radius 3 is 2.70 bits per heavy atom. The molecule has 0 aliphatic rings. The van der Waals surface area contributed by atoms with Crippen molar-refractivity contribution in [1.29, 1.82) is 0 Å². The first-order valence-corrected chi connectivity index (χ1v) is 8.25. The molecule has 9 heteroatoms. The van der Waals surface area contributed by atoms with E-state index in [2.05, 4.69) is 20.7 Å². The molecule has 1 aromatic heterocycles. The zero-order valence-corrected chi connectivity index (χ0v) is 13.8. The average Bonchev–Trinajstić information content (AvgIpc) is 2.75. The van der Waals surface area contributed by atoms with Crippen LogP contribution in [0.2, 0.25) is 0 Å². The van der Waals surface area contributed by atoms with Gasteiger partial charge in [0.15, 0.2) is 4.67 Å². The summed E-state index contributed by atoms with van der Waals surface area (Å²) in [6, 6.07) is 1.28. The standard InChI is InChI=1S/C11H19BrN2O5S/c1-14(2)4-6-18-5-3-13-20(16,17)10-7-9(8-15)19-11(10)12/h7,13,15H,3-6,8H2,1-2H3. The summed E-state index contributed by atoms with van der Waals surface area (Å²) in [7, 11) is 0.188. The summed E-state index contributed by atoms with van der Waals surface area (Å²) in [5.74, 6) is 0.180. The molecular weight excluding hydrogens is 352 g/mol. The fourth-order valence-corrected chi connectivity index (χ4v) is 3.34. The van der Waals surface area contributed by atoms with Crippen LogP contribution in [0.4, 0.5) is 0 Å². The number of nitrogens with one attached hydrogen (secondary N) is 1. The molecule has 0 saturated heterocycles. The Balaban J connectivity index is 2.43. The Morgan fingerprint density at radius 1 is 1.45 bits per heavy atom. The zero-order chi connectivity index (χ0) is 15.2. The van der Waals surface area contributed by atoms with Gasteiger partial charge in [-0.1, -0.05) is 0 Å². The van der Waals surface area contributed by atoms with Crippen LogP contribution in [0.3, 0.4) is 0 Å². The lowest BCUT2D eigenvalue weighted by molar-refractivity contribution is 0.122. The van der Waals surface area contributed by atoms with Crippen LogP contribution in [-0.4, -0.2) is 58.8 Å². The summed E-state index contributed by atoms with van der Waals surface area (Å²) >= 11 is 3.01. The van der Waals surface area contributed by atoms with Crippen molar-refractivity contribution in [3.63, 3.8) is 0 Å². The lowest BCUT2D eigenvalue weighted by Gasteiger charge is -2.10. The second-order valence-corrected chi connectivity index (χ2v) is 6.78. The molecule has 0 fully saturated rings. The van der Waals surface area contributed by atoms with Crippen molar-refractivity contribution < 1.29 is 22.7 Å². The molecule has 0 bridgehead atoms. The molecule has 0 aromatic carbocycles. The van der Waals surface area contributed by atoms with E-state index in [9.17, 15) is 8.42 Å². The Morgan fingerprint density at radius 2 is 2.15 bits per heavy atom. The van der Waals surface area contributed by atoms with Gasteiger partial charge in [-0.3, -0.25) is 0 Å². The van der Waals surface area contributed by atoms with Gasteiger partial charge < -0.3 is 19.2 Å². The highest BCUT2D eigenvalue weighted by molar-refractivity contribution is 9.10. The SMILES string of the molecule is CN(C)CCOCCNS(=O)(=O)c1cc(CO)oc1Br. The van der Waals surface area contributed by atoms with Crippen LogP contribution in [-0.2, 0) is 21.4 Å². The normalized spacial score (nSPS) is 12.2. The molecule has 20 heavy (non-hydrogen) atoms. The van der Waals surface area contributed by atoms with Crippen LogP contribution in [0.25, 0.3) is 0 Å². The molecule has 0 spiro atoms. The maximum atomic E-state index is 12.0. The molecule has 0 unspecified atom stereocenters. The van der Waals surface area contributed by atoms with Gasteiger partial charge in [-0.05, 0) is 30.0 Å². The van der Waals surface area contributed by atoms with E-state index < -0.39 is 10.0 Å². The number of furan rings is 1. The summed E-state index contributed by atoms with van der Waals surface area (Å²) in [5.41, 5.74) is 0. The van der Waals surface area contributed by atoms with Crippen LogP contribution in [0, 0.1) is 0 Å². The highest BCUT2D eigenvalue weighted by atomic mass is 79.9. The van der Waals surface area contributed by atoms with Crippen molar-refractivity contribution in [3.05, 3.63) is 16.5 Å². The topological polar surface area (TPSA) is 92.0 Å². The molecular formula is C11H19BrN2O5S. The van der Waals surface area contributed by atoms with Gasteiger partial charge in [0, 0.05) is 19.2 Å². The quantitative estimate of drug-likeness (QED) is 0.611. The molecule has 1 heterocycles. The average molecular weight is 371 g/mol. The first-order chi connectivity index (χ1) is 9.36. The maximum absolute atomic E-state index is 12.0. The fourth-order valence-electron chi connectivity index (χ4n) is 1.33. The van der Waals surface area contributed by atoms with Crippen molar-refractivity contribution in [2.75, 3.05) is 40.4 Å². The van der Waals surface area contributed by atoms with Gasteiger partial charge in [0.2, 0.25) is 10.0 Å². The van der Waals surface area contributed by atoms with Gasteiger partial charge in [-0.25, -0.2) is 13.1 Å². The molecule has 0 amide bonds. The first-order valence-electron chi connectivity index (χ1n) is 5.98. The lowest BCUT2D eigenvalue weighted by Crippen LogP contribution is -2.28. The number of aliphatic hydroxyl groups excluding tert-OH is 1. The predicted octanol–water partition coefficient (Wildman–Crippen LogP) is 0.391. The molecule has 2 N–H and O–H groups in total. The second-order valence-electron chi connectivity index (χ2n) is 4.32. The van der Waals surface area contributed by atoms with E-state index in [0.717, 1.165) is 6.54 Å².